The third-order valence-corrected chi connectivity index (χ3v) is 7.95. The van der Waals surface area contributed by atoms with Crippen molar-refractivity contribution in [3.8, 4) is 0 Å². The number of hydrogen-bond donors (Lipinski definition) is 2. The fourth-order valence-corrected chi connectivity index (χ4v) is 6.04. The molecule has 0 radical (unpaired) electrons. The lowest BCUT2D eigenvalue weighted by Crippen LogP contribution is -2.53. The Bertz CT molecular complexity index is 490. The molecule has 0 unspecified atom stereocenters. The Kier molecular flexibility index (Phi) is 5.94. The standard InChI is InChI=1S/C21H36O4/c1-15-7-10-21(14-23)17(12-22)5-4-6-18(21)20(15,2)9-8-16-11-19(24-3)25-13-16/h5,15-16,18-19,22-23H,4,6-14H2,1-3H3/t15-,16-,18-,19-,20+,21-/m1/s1. The van der Waals surface area contributed by atoms with E-state index in [1.165, 1.54) is 6.42 Å². The zero-order chi connectivity index (χ0) is 18.1. The maximum Gasteiger partial charge on any atom is 0.157 e. The van der Waals surface area contributed by atoms with Crippen LogP contribution in [0.25, 0.3) is 0 Å². The zero-order valence-corrected chi connectivity index (χ0v) is 16.2. The predicted molar refractivity (Wildman–Crippen MR) is 98.0 cm³/mol. The molecule has 0 aromatic heterocycles. The molecule has 4 heteroatoms. The first kappa shape index (κ1) is 19.3. The maximum atomic E-state index is 10.4. The molecule has 0 aromatic rings. The molecule has 0 spiro atoms. The zero-order valence-electron chi connectivity index (χ0n) is 16.2. The van der Waals surface area contributed by atoms with Crippen LogP contribution in [-0.4, -0.2) is 43.4 Å². The van der Waals surface area contributed by atoms with Crippen molar-refractivity contribution in [2.75, 3.05) is 26.9 Å². The molecule has 1 saturated heterocycles. The smallest absolute Gasteiger partial charge is 0.157 e. The summed E-state index contributed by atoms with van der Waals surface area (Å²) in [6.07, 6.45) is 9.80. The number of allylic oxidation sites excluding steroid dienone is 1. The van der Waals surface area contributed by atoms with Crippen molar-refractivity contribution in [1.82, 2.24) is 0 Å². The third-order valence-electron chi connectivity index (χ3n) is 7.95. The lowest BCUT2D eigenvalue weighted by molar-refractivity contribution is -0.0885. The molecule has 3 rings (SSSR count). The van der Waals surface area contributed by atoms with E-state index >= 15 is 0 Å². The molecule has 1 heterocycles. The molecule has 2 N–H and O–H groups in total. The highest BCUT2D eigenvalue weighted by Gasteiger charge is 2.55. The van der Waals surface area contributed by atoms with Gasteiger partial charge in [0.05, 0.1) is 19.8 Å². The topological polar surface area (TPSA) is 58.9 Å². The van der Waals surface area contributed by atoms with Crippen molar-refractivity contribution < 1.29 is 19.7 Å². The Balaban J connectivity index is 1.77. The van der Waals surface area contributed by atoms with Gasteiger partial charge in [-0.15, -0.1) is 0 Å². The van der Waals surface area contributed by atoms with Crippen molar-refractivity contribution >= 4 is 0 Å². The predicted octanol–water partition coefficient (Wildman–Crippen LogP) is 3.52. The summed E-state index contributed by atoms with van der Waals surface area (Å²) in [6.45, 7) is 5.90. The van der Waals surface area contributed by atoms with Gasteiger partial charge in [0.1, 0.15) is 0 Å². The maximum absolute atomic E-state index is 10.4. The number of ether oxygens (including phenoxy) is 2. The van der Waals surface area contributed by atoms with Gasteiger partial charge < -0.3 is 19.7 Å². The van der Waals surface area contributed by atoms with Crippen LogP contribution in [0.15, 0.2) is 11.6 Å². The van der Waals surface area contributed by atoms with Crippen LogP contribution in [0.2, 0.25) is 0 Å². The first-order valence-electron chi connectivity index (χ1n) is 10.1. The lowest BCUT2D eigenvalue weighted by Gasteiger charge is -2.59. The Labute approximate surface area is 152 Å². The van der Waals surface area contributed by atoms with Gasteiger partial charge in [0.2, 0.25) is 0 Å². The minimum Gasteiger partial charge on any atom is -0.395 e. The summed E-state index contributed by atoms with van der Waals surface area (Å²) in [7, 11) is 1.72. The summed E-state index contributed by atoms with van der Waals surface area (Å²) in [5.41, 5.74) is 1.10. The van der Waals surface area contributed by atoms with Gasteiger partial charge >= 0.3 is 0 Å². The van der Waals surface area contributed by atoms with Crippen LogP contribution in [0.4, 0.5) is 0 Å². The Morgan fingerprint density at radius 1 is 1.32 bits per heavy atom. The minimum absolute atomic E-state index is 0.0308. The molecule has 0 amide bonds. The molecule has 2 fully saturated rings. The number of aliphatic hydroxyl groups excluding tert-OH is 2. The van der Waals surface area contributed by atoms with Gasteiger partial charge in [-0.05, 0) is 67.3 Å². The average Bonchev–Trinajstić information content (AvgIpc) is 3.11. The summed E-state index contributed by atoms with van der Waals surface area (Å²) in [5.74, 6) is 1.69. The number of aliphatic hydroxyl groups is 2. The molecule has 1 aliphatic heterocycles. The van der Waals surface area contributed by atoms with E-state index in [4.69, 9.17) is 9.47 Å². The van der Waals surface area contributed by atoms with E-state index < -0.39 is 0 Å². The van der Waals surface area contributed by atoms with Gasteiger partial charge in [0, 0.05) is 18.9 Å². The first-order chi connectivity index (χ1) is 12.0. The highest BCUT2D eigenvalue weighted by Crippen LogP contribution is 2.62. The monoisotopic (exact) mass is 352 g/mol. The molecule has 4 nitrogen and oxygen atoms in total. The molecule has 6 atom stereocenters. The quantitative estimate of drug-likeness (QED) is 0.718. The van der Waals surface area contributed by atoms with Crippen LogP contribution < -0.4 is 0 Å². The van der Waals surface area contributed by atoms with Crippen LogP contribution >= 0.6 is 0 Å². The molecule has 0 bridgehead atoms. The van der Waals surface area contributed by atoms with Gasteiger partial charge in [0.25, 0.3) is 0 Å². The number of methoxy groups -OCH3 is 1. The van der Waals surface area contributed by atoms with Gasteiger partial charge in [0.15, 0.2) is 6.29 Å². The van der Waals surface area contributed by atoms with Crippen molar-refractivity contribution in [2.45, 2.75) is 65.1 Å². The SMILES string of the molecule is CO[C@H]1C[C@@H](CC[C@@]2(C)[C@H](C)CC[C@@]3(CO)C(CO)=CCC[C@@H]32)CO1. The molecule has 144 valence electrons. The van der Waals surface area contributed by atoms with Crippen LogP contribution in [0.3, 0.4) is 0 Å². The fraction of sp³-hybridized carbons (Fsp3) is 0.905. The molecular weight excluding hydrogens is 316 g/mol. The van der Waals surface area contributed by atoms with E-state index in [0.717, 1.165) is 50.7 Å². The summed E-state index contributed by atoms with van der Waals surface area (Å²) in [4.78, 5) is 0. The highest BCUT2D eigenvalue weighted by atomic mass is 16.7. The molecule has 3 aliphatic rings. The van der Waals surface area contributed by atoms with Gasteiger partial charge in [-0.3, -0.25) is 0 Å². The largest absolute Gasteiger partial charge is 0.395 e. The summed E-state index contributed by atoms with van der Waals surface area (Å²) in [6, 6.07) is 0. The average molecular weight is 353 g/mol. The molecule has 25 heavy (non-hydrogen) atoms. The van der Waals surface area contributed by atoms with Crippen molar-refractivity contribution in [3.05, 3.63) is 11.6 Å². The summed E-state index contributed by atoms with van der Waals surface area (Å²) >= 11 is 0. The molecule has 2 aliphatic carbocycles. The van der Waals surface area contributed by atoms with E-state index in [-0.39, 0.29) is 30.3 Å². The Morgan fingerprint density at radius 3 is 2.76 bits per heavy atom. The van der Waals surface area contributed by atoms with Gasteiger partial charge in [-0.25, -0.2) is 0 Å². The van der Waals surface area contributed by atoms with E-state index in [2.05, 4.69) is 19.9 Å². The molecule has 0 aromatic carbocycles. The van der Waals surface area contributed by atoms with Crippen LogP contribution in [0.1, 0.15) is 58.8 Å². The highest BCUT2D eigenvalue weighted by molar-refractivity contribution is 5.24. The molecular formula is C21H36O4. The number of rotatable bonds is 6. The summed E-state index contributed by atoms with van der Waals surface area (Å²) < 4.78 is 11.0. The third kappa shape index (κ3) is 3.31. The number of fused-ring (bicyclic) bond motifs is 1. The second kappa shape index (κ2) is 7.67. The lowest BCUT2D eigenvalue weighted by atomic mass is 9.46. The van der Waals surface area contributed by atoms with Crippen molar-refractivity contribution in [1.29, 1.82) is 0 Å². The minimum atomic E-state index is -0.199. The Hall–Kier alpha value is -0.420. The van der Waals surface area contributed by atoms with E-state index in [0.29, 0.717) is 17.8 Å². The van der Waals surface area contributed by atoms with Crippen molar-refractivity contribution in [3.63, 3.8) is 0 Å². The Morgan fingerprint density at radius 2 is 2.12 bits per heavy atom. The van der Waals surface area contributed by atoms with Crippen molar-refractivity contribution in [2.24, 2.45) is 28.6 Å². The van der Waals surface area contributed by atoms with Crippen LogP contribution in [0.5, 0.6) is 0 Å². The van der Waals surface area contributed by atoms with E-state index in [1.54, 1.807) is 7.11 Å². The van der Waals surface area contributed by atoms with Gasteiger partial charge in [-0.1, -0.05) is 19.9 Å². The fourth-order valence-electron chi connectivity index (χ4n) is 6.04. The van der Waals surface area contributed by atoms with E-state index in [9.17, 15) is 10.2 Å². The first-order valence-corrected chi connectivity index (χ1v) is 10.1. The van der Waals surface area contributed by atoms with E-state index in [1.807, 2.05) is 0 Å². The second-order valence-electron chi connectivity index (χ2n) is 8.92. The second-order valence-corrected chi connectivity index (χ2v) is 8.92. The number of hydrogen-bond acceptors (Lipinski definition) is 4. The van der Waals surface area contributed by atoms with Gasteiger partial charge in [-0.2, -0.15) is 0 Å². The molecule has 1 saturated carbocycles. The normalized spacial score (nSPS) is 44.4. The van der Waals surface area contributed by atoms with Crippen LogP contribution in [0, 0.1) is 28.6 Å². The summed E-state index contributed by atoms with van der Waals surface area (Å²) in [5, 5.41) is 20.3. The van der Waals surface area contributed by atoms with Crippen LogP contribution in [-0.2, 0) is 9.47 Å².